The number of nitrogens with zero attached hydrogens (tertiary/aromatic N) is 6. The summed E-state index contributed by atoms with van der Waals surface area (Å²) in [6.07, 6.45) is 4.84. The van der Waals surface area contributed by atoms with Crippen molar-refractivity contribution in [3.63, 3.8) is 0 Å². The first-order valence-corrected chi connectivity index (χ1v) is 11.3. The summed E-state index contributed by atoms with van der Waals surface area (Å²) >= 11 is 1.85. The second-order valence-electron chi connectivity index (χ2n) is 7.74. The molecule has 8 heteroatoms. The molecule has 1 aromatic carbocycles. The number of aryl methyl sites for hydroxylation is 3. The molecule has 1 N–H and O–H groups in total. The number of hydrogen-bond donors (Lipinski definition) is 1. The highest BCUT2D eigenvalue weighted by Crippen LogP contribution is 2.27. The van der Waals surface area contributed by atoms with Crippen LogP contribution < -0.4 is 5.32 Å². The number of thiazole rings is 1. The molecule has 30 heavy (non-hydrogen) atoms. The van der Waals surface area contributed by atoms with Gasteiger partial charge < -0.3 is 14.8 Å². The molecule has 0 aliphatic heterocycles. The maximum atomic E-state index is 4.89. The summed E-state index contributed by atoms with van der Waals surface area (Å²) in [4.78, 5) is 13.4. The lowest BCUT2D eigenvalue weighted by molar-refractivity contribution is 0.470. The smallest absolute Gasteiger partial charge is 0.194 e. The first kappa shape index (κ1) is 20.5. The number of aromatic nitrogens is 4. The average molecular weight is 424 g/mol. The van der Waals surface area contributed by atoms with Crippen LogP contribution >= 0.6 is 11.3 Å². The molecule has 1 aliphatic rings. The Morgan fingerprint density at radius 3 is 2.73 bits per heavy atom. The van der Waals surface area contributed by atoms with E-state index in [9.17, 15) is 0 Å². The van der Waals surface area contributed by atoms with Crippen molar-refractivity contribution in [1.82, 2.24) is 30.0 Å². The van der Waals surface area contributed by atoms with Gasteiger partial charge in [0.05, 0.1) is 25.3 Å². The van der Waals surface area contributed by atoms with Crippen LogP contribution in [0.4, 0.5) is 0 Å². The van der Waals surface area contributed by atoms with Gasteiger partial charge in [0, 0.05) is 19.0 Å². The summed E-state index contributed by atoms with van der Waals surface area (Å²) in [7, 11) is 4.05. The van der Waals surface area contributed by atoms with E-state index in [2.05, 4.69) is 39.6 Å². The van der Waals surface area contributed by atoms with E-state index in [1.165, 1.54) is 35.4 Å². The number of fused-ring (bicyclic) bond motifs is 1. The van der Waals surface area contributed by atoms with Crippen LogP contribution in [0.2, 0.25) is 0 Å². The predicted molar refractivity (Wildman–Crippen MR) is 120 cm³/mol. The Labute approximate surface area is 181 Å². The van der Waals surface area contributed by atoms with Gasteiger partial charge in [-0.2, -0.15) is 0 Å². The second kappa shape index (κ2) is 9.38. The predicted octanol–water partition coefficient (Wildman–Crippen LogP) is 3.24. The van der Waals surface area contributed by atoms with E-state index in [4.69, 9.17) is 9.98 Å². The van der Waals surface area contributed by atoms with Crippen LogP contribution in [0, 0.1) is 6.92 Å². The SMILES string of the molecule is Cc1nnc(CNC(=NCc2ccccc2)N(C)Cc2nc3c(s2)CCCC3)n1C. The van der Waals surface area contributed by atoms with Gasteiger partial charge in [0.2, 0.25) is 0 Å². The molecule has 0 bridgehead atoms. The van der Waals surface area contributed by atoms with E-state index in [-0.39, 0.29) is 0 Å². The highest BCUT2D eigenvalue weighted by molar-refractivity contribution is 7.11. The minimum Gasteiger partial charge on any atom is -0.349 e. The molecule has 0 saturated carbocycles. The quantitative estimate of drug-likeness (QED) is 0.487. The van der Waals surface area contributed by atoms with Crippen molar-refractivity contribution in [2.45, 2.75) is 52.2 Å². The van der Waals surface area contributed by atoms with Gasteiger partial charge in [-0.05, 0) is 38.2 Å². The average Bonchev–Trinajstić information content (AvgIpc) is 3.31. The van der Waals surface area contributed by atoms with Gasteiger partial charge in [0.1, 0.15) is 10.8 Å². The minimum atomic E-state index is 0.573. The molecule has 0 amide bonds. The van der Waals surface area contributed by atoms with Crippen LogP contribution in [0.5, 0.6) is 0 Å². The molecule has 0 atom stereocenters. The highest BCUT2D eigenvalue weighted by Gasteiger charge is 2.17. The summed E-state index contributed by atoms with van der Waals surface area (Å²) in [5, 5.41) is 13.0. The van der Waals surface area contributed by atoms with E-state index < -0.39 is 0 Å². The summed E-state index contributed by atoms with van der Waals surface area (Å²) in [5.41, 5.74) is 2.49. The van der Waals surface area contributed by atoms with Crippen molar-refractivity contribution < 1.29 is 0 Å². The largest absolute Gasteiger partial charge is 0.349 e. The maximum absolute atomic E-state index is 4.89. The lowest BCUT2D eigenvalue weighted by Crippen LogP contribution is -2.38. The third-order valence-corrected chi connectivity index (χ3v) is 6.61. The Kier molecular flexibility index (Phi) is 6.42. The number of rotatable bonds is 6. The standard InChI is InChI=1S/C22H29N7S/c1-16-26-27-20(29(16)3)14-24-22(23-13-17-9-5-4-6-10-17)28(2)15-21-25-18-11-7-8-12-19(18)30-21/h4-6,9-10H,7-8,11-15H2,1-3H3,(H,23,24). The second-order valence-corrected chi connectivity index (χ2v) is 8.91. The molecule has 0 spiro atoms. The molecular formula is C22H29N7S. The molecule has 0 saturated heterocycles. The van der Waals surface area contributed by atoms with Crippen LogP contribution in [0.15, 0.2) is 35.3 Å². The van der Waals surface area contributed by atoms with Gasteiger partial charge in [0.25, 0.3) is 0 Å². The van der Waals surface area contributed by atoms with Crippen molar-refractivity contribution in [1.29, 1.82) is 0 Å². The highest BCUT2D eigenvalue weighted by atomic mass is 32.1. The summed E-state index contributed by atoms with van der Waals surface area (Å²) < 4.78 is 2.00. The number of hydrogen-bond acceptors (Lipinski definition) is 5. The third-order valence-electron chi connectivity index (χ3n) is 5.47. The van der Waals surface area contributed by atoms with E-state index in [0.717, 1.165) is 35.6 Å². The molecule has 158 valence electrons. The molecule has 2 aromatic heterocycles. The van der Waals surface area contributed by atoms with E-state index in [1.807, 2.05) is 48.1 Å². The first-order valence-electron chi connectivity index (χ1n) is 10.5. The zero-order valence-electron chi connectivity index (χ0n) is 17.9. The van der Waals surface area contributed by atoms with E-state index in [0.29, 0.717) is 13.1 Å². The molecule has 7 nitrogen and oxygen atoms in total. The molecule has 0 radical (unpaired) electrons. The van der Waals surface area contributed by atoms with Gasteiger partial charge >= 0.3 is 0 Å². The van der Waals surface area contributed by atoms with E-state index in [1.54, 1.807) is 0 Å². The van der Waals surface area contributed by atoms with Gasteiger partial charge in [-0.15, -0.1) is 21.5 Å². The number of aliphatic imine (C=N–C) groups is 1. The lowest BCUT2D eigenvalue weighted by atomic mass is 10.0. The minimum absolute atomic E-state index is 0.573. The fraction of sp³-hybridized carbons (Fsp3) is 0.455. The van der Waals surface area contributed by atoms with E-state index >= 15 is 0 Å². The molecular weight excluding hydrogens is 394 g/mol. The Hall–Kier alpha value is -2.74. The van der Waals surface area contributed by atoms with Crippen molar-refractivity contribution in [3.05, 3.63) is 63.1 Å². The Balaban J connectivity index is 1.49. The Bertz CT molecular complexity index is 982. The first-order chi connectivity index (χ1) is 14.6. The fourth-order valence-electron chi connectivity index (χ4n) is 3.58. The van der Waals surface area contributed by atoms with Crippen molar-refractivity contribution in [2.75, 3.05) is 7.05 Å². The Morgan fingerprint density at radius 2 is 2.00 bits per heavy atom. The van der Waals surface area contributed by atoms with Crippen LogP contribution in [-0.2, 0) is 39.5 Å². The lowest BCUT2D eigenvalue weighted by Gasteiger charge is -2.21. The van der Waals surface area contributed by atoms with Crippen LogP contribution in [0.25, 0.3) is 0 Å². The number of nitrogens with one attached hydrogen (secondary N) is 1. The fourth-order valence-corrected chi connectivity index (χ4v) is 4.79. The maximum Gasteiger partial charge on any atom is 0.194 e. The van der Waals surface area contributed by atoms with Crippen LogP contribution in [-0.4, -0.2) is 37.7 Å². The van der Waals surface area contributed by atoms with Crippen molar-refractivity contribution in [2.24, 2.45) is 12.0 Å². The number of guanidine groups is 1. The monoisotopic (exact) mass is 423 g/mol. The van der Waals surface area contributed by atoms with Crippen molar-refractivity contribution in [3.8, 4) is 0 Å². The molecule has 2 heterocycles. The summed E-state index contributed by atoms with van der Waals surface area (Å²) in [6.45, 7) is 3.90. The molecule has 0 fully saturated rings. The van der Waals surface area contributed by atoms with Crippen molar-refractivity contribution >= 4 is 17.3 Å². The Morgan fingerprint density at radius 1 is 1.20 bits per heavy atom. The topological polar surface area (TPSA) is 71.2 Å². The molecule has 3 aromatic rings. The summed E-state index contributed by atoms with van der Waals surface area (Å²) in [6, 6.07) is 10.3. The third kappa shape index (κ3) is 4.87. The van der Waals surface area contributed by atoms with Gasteiger partial charge in [-0.3, -0.25) is 0 Å². The number of benzene rings is 1. The molecule has 0 unspecified atom stereocenters. The van der Waals surface area contributed by atoms with Crippen LogP contribution in [0.1, 0.15) is 45.6 Å². The van der Waals surface area contributed by atoms with Crippen LogP contribution in [0.3, 0.4) is 0 Å². The zero-order chi connectivity index (χ0) is 20.9. The van der Waals surface area contributed by atoms with Gasteiger partial charge in [-0.1, -0.05) is 30.3 Å². The molecule has 4 rings (SSSR count). The normalized spacial score (nSPS) is 13.9. The molecule has 1 aliphatic carbocycles. The summed E-state index contributed by atoms with van der Waals surface area (Å²) in [5.74, 6) is 2.63. The zero-order valence-corrected chi connectivity index (χ0v) is 18.7. The van der Waals surface area contributed by atoms with Gasteiger partial charge in [0.15, 0.2) is 11.8 Å². The van der Waals surface area contributed by atoms with Gasteiger partial charge in [-0.25, -0.2) is 9.98 Å².